The Bertz CT molecular complexity index is 788. The molecule has 2 rings (SSSR count). The maximum atomic E-state index is 12.6. The van der Waals surface area contributed by atoms with E-state index in [1.54, 1.807) is 23.8 Å². The number of hydrogen-bond acceptors (Lipinski definition) is 5. The SMILES string of the molecule is CCCCCCC(C(=O)OCC)n1cnc(C(=O)Nc2ccccc2CCO)c1. The topological polar surface area (TPSA) is 93.5 Å². The van der Waals surface area contributed by atoms with Crippen LogP contribution in [0.25, 0.3) is 0 Å². The molecule has 29 heavy (non-hydrogen) atoms. The maximum Gasteiger partial charge on any atom is 0.329 e. The molecule has 0 aliphatic heterocycles. The highest BCUT2D eigenvalue weighted by molar-refractivity contribution is 6.03. The normalized spacial score (nSPS) is 11.8. The van der Waals surface area contributed by atoms with E-state index >= 15 is 0 Å². The molecule has 0 aliphatic carbocycles. The van der Waals surface area contributed by atoms with Gasteiger partial charge in [0.15, 0.2) is 0 Å². The van der Waals surface area contributed by atoms with Gasteiger partial charge in [-0.3, -0.25) is 4.79 Å². The van der Waals surface area contributed by atoms with Gasteiger partial charge in [0.2, 0.25) is 0 Å². The van der Waals surface area contributed by atoms with Gasteiger partial charge in [0.25, 0.3) is 5.91 Å². The standard InChI is InChI=1S/C22H31N3O4/c1-3-5-6-7-12-20(22(28)29-4-2)25-15-19(23-16-25)21(27)24-18-11-9-8-10-17(18)13-14-26/h8-11,15-16,20,26H,3-7,12-14H2,1-2H3,(H,24,27). The lowest BCUT2D eigenvalue weighted by Gasteiger charge is -2.16. The van der Waals surface area contributed by atoms with Gasteiger partial charge < -0.3 is 19.7 Å². The Labute approximate surface area is 172 Å². The van der Waals surface area contributed by atoms with Crippen molar-refractivity contribution >= 4 is 17.6 Å². The van der Waals surface area contributed by atoms with Crippen molar-refractivity contribution in [1.82, 2.24) is 9.55 Å². The molecule has 7 heteroatoms. The Kier molecular flexibility index (Phi) is 9.37. The van der Waals surface area contributed by atoms with Crippen molar-refractivity contribution in [1.29, 1.82) is 0 Å². The van der Waals surface area contributed by atoms with E-state index in [0.717, 1.165) is 31.2 Å². The van der Waals surface area contributed by atoms with Gasteiger partial charge in [-0.2, -0.15) is 0 Å². The molecule has 0 saturated carbocycles. The van der Waals surface area contributed by atoms with E-state index in [1.807, 2.05) is 18.2 Å². The van der Waals surface area contributed by atoms with Gasteiger partial charge >= 0.3 is 5.97 Å². The molecule has 0 fully saturated rings. The summed E-state index contributed by atoms with van der Waals surface area (Å²) in [6.45, 7) is 4.24. The first-order valence-electron chi connectivity index (χ1n) is 10.3. The van der Waals surface area contributed by atoms with Gasteiger partial charge in [-0.1, -0.05) is 50.8 Å². The van der Waals surface area contributed by atoms with Crippen LogP contribution in [0.3, 0.4) is 0 Å². The van der Waals surface area contributed by atoms with Crippen LogP contribution in [0.1, 0.15) is 68.0 Å². The molecule has 1 heterocycles. The minimum Gasteiger partial charge on any atom is -0.464 e. The predicted molar refractivity (Wildman–Crippen MR) is 112 cm³/mol. The highest BCUT2D eigenvalue weighted by atomic mass is 16.5. The van der Waals surface area contributed by atoms with Crippen molar-refractivity contribution < 1.29 is 19.4 Å². The number of unbranched alkanes of at least 4 members (excludes halogenated alkanes) is 3. The first kappa shape index (κ1) is 22.6. The third kappa shape index (κ3) is 6.71. The van der Waals surface area contributed by atoms with Gasteiger partial charge in [-0.15, -0.1) is 0 Å². The van der Waals surface area contributed by atoms with Crippen LogP contribution in [-0.2, 0) is 16.0 Å². The minimum absolute atomic E-state index is 0.000756. The fourth-order valence-corrected chi connectivity index (χ4v) is 3.18. The lowest BCUT2D eigenvalue weighted by molar-refractivity contribution is -0.147. The van der Waals surface area contributed by atoms with E-state index < -0.39 is 6.04 Å². The summed E-state index contributed by atoms with van der Waals surface area (Å²) in [5, 5.41) is 12.0. The Morgan fingerprint density at radius 3 is 2.72 bits per heavy atom. The summed E-state index contributed by atoms with van der Waals surface area (Å²) in [5.41, 5.74) is 1.72. The summed E-state index contributed by atoms with van der Waals surface area (Å²) in [5.74, 6) is -0.663. The van der Waals surface area contributed by atoms with Crippen molar-refractivity contribution in [2.75, 3.05) is 18.5 Å². The number of benzene rings is 1. The summed E-state index contributed by atoms with van der Waals surface area (Å²) < 4.78 is 6.88. The number of nitrogens with one attached hydrogen (secondary N) is 1. The van der Waals surface area contributed by atoms with Gasteiger partial charge in [0, 0.05) is 18.5 Å². The molecule has 1 amide bonds. The highest BCUT2D eigenvalue weighted by Crippen LogP contribution is 2.20. The number of hydrogen-bond donors (Lipinski definition) is 2. The molecule has 158 valence electrons. The monoisotopic (exact) mass is 401 g/mol. The van der Waals surface area contributed by atoms with Crippen molar-refractivity contribution in [2.24, 2.45) is 0 Å². The summed E-state index contributed by atoms with van der Waals surface area (Å²) in [6, 6.07) is 6.84. The summed E-state index contributed by atoms with van der Waals surface area (Å²) in [6.07, 6.45) is 8.41. The number of rotatable bonds is 12. The summed E-state index contributed by atoms with van der Waals surface area (Å²) in [7, 11) is 0. The lowest BCUT2D eigenvalue weighted by atomic mass is 10.1. The smallest absolute Gasteiger partial charge is 0.329 e. The molecule has 0 bridgehead atoms. The fourth-order valence-electron chi connectivity index (χ4n) is 3.18. The van der Waals surface area contributed by atoms with E-state index in [1.165, 1.54) is 6.33 Å². The van der Waals surface area contributed by atoms with E-state index in [9.17, 15) is 14.7 Å². The van der Waals surface area contributed by atoms with Gasteiger partial charge in [-0.05, 0) is 31.4 Å². The van der Waals surface area contributed by atoms with Crippen molar-refractivity contribution in [3.05, 3.63) is 48.0 Å². The number of carbonyl (C=O) groups excluding carboxylic acids is 2. The van der Waals surface area contributed by atoms with E-state index in [4.69, 9.17) is 4.74 Å². The second kappa shape index (κ2) is 12.0. The largest absolute Gasteiger partial charge is 0.464 e. The number of aliphatic hydroxyl groups excluding tert-OH is 1. The molecule has 0 radical (unpaired) electrons. The van der Waals surface area contributed by atoms with Gasteiger partial charge in [0.1, 0.15) is 11.7 Å². The van der Waals surface area contributed by atoms with Crippen LogP contribution in [-0.4, -0.2) is 39.7 Å². The van der Waals surface area contributed by atoms with Gasteiger partial charge in [0.05, 0.1) is 12.9 Å². The first-order valence-corrected chi connectivity index (χ1v) is 10.3. The number of nitrogens with zero attached hydrogens (tertiary/aromatic N) is 2. The zero-order chi connectivity index (χ0) is 21.1. The van der Waals surface area contributed by atoms with Crippen LogP contribution in [0.2, 0.25) is 0 Å². The number of aromatic nitrogens is 2. The Balaban J connectivity index is 2.11. The zero-order valence-corrected chi connectivity index (χ0v) is 17.3. The second-order valence-electron chi connectivity index (χ2n) is 6.91. The molecular weight excluding hydrogens is 370 g/mol. The Hall–Kier alpha value is -2.67. The van der Waals surface area contributed by atoms with Crippen LogP contribution in [0, 0.1) is 0 Å². The molecule has 2 aromatic rings. The number of anilines is 1. The summed E-state index contributed by atoms with van der Waals surface area (Å²) in [4.78, 5) is 29.2. The van der Waals surface area contributed by atoms with Crippen LogP contribution in [0.4, 0.5) is 5.69 Å². The lowest BCUT2D eigenvalue weighted by Crippen LogP contribution is -2.21. The average Bonchev–Trinajstić information content (AvgIpc) is 3.20. The quantitative estimate of drug-likeness (QED) is 0.417. The minimum atomic E-state index is -0.484. The highest BCUT2D eigenvalue weighted by Gasteiger charge is 2.23. The molecule has 0 spiro atoms. The maximum absolute atomic E-state index is 12.6. The Morgan fingerprint density at radius 2 is 2.00 bits per heavy atom. The molecule has 1 aromatic heterocycles. The van der Waals surface area contributed by atoms with E-state index in [2.05, 4.69) is 17.2 Å². The molecule has 2 N–H and O–H groups in total. The number of imidazole rings is 1. The van der Waals surface area contributed by atoms with Crippen molar-refractivity contribution in [2.45, 2.75) is 58.4 Å². The van der Waals surface area contributed by atoms with E-state index in [0.29, 0.717) is 25.1 Å². The molecule has 0 saturated heterocycles. The summed E-state index contributed by atoms with van der Waals surface area (Å²) >= 11 is 0. The first-order chi connectivity index (χ1) is 14.1. The number of carbonyl (C=O) groups is 2. The van der Waals surface area contributed by atoms with Crippen LogP contribution < -0.4 is 5.32 Å². The van der Waals surface area contributed by atoms with Crippen molar-refractivity contribution in [3.63, 3.8) is 0 Å². The van der Waals surface area contributed by atoms with Crippen LogP contribution >= 0.6 is 0 Å². The predicted octanol–water partition coefficient (Wildman–Crippen LogP) is 3.74. The fraction of sp³-hybridized carbons (Fsp3) is 0.500. The molecule has 0 aliphatic rings. The Morgan fingerprint density at radius 1 is 1.21 bits per heavy atom. The third-order valence-electron chi connectivity index (χ3n) is 4.73. The van der Waals surface area contributed by atoms with Crippen LogP contribution in [0.15, 0.2) is 36.8 Å². The third-order valence-corrected chi connectivity index (χ3v) is 4.73. The van der Waals surface area contributed by atoms with E-state index in [-0.39, 0.29) is 24.2 Å². The van der Waals surface area contributed by atoms with Crippen molar-refractivity contribution in [3.8, 4) is 0 Å². The number of amides is 1. The number of ether oxygens (including phenoxy) is 1. The molecule has 1 unspecified atom stereocenters. The number of aliphatic hydroxyl groups is 1. The number of esters is 1. The average molecular weight is 402 g/mol. The van der Waals surface area contributed by atoms with Gasteiger partial charge in [-0.25, -0.2) is 9.78 Å². The number of para-hydroxylation sites is 1. The molecular formula is C22H31N3O4. The second-order valence-corrected chi connectivity index (χ2v) is 6.91. The molecule has 7 nitrogen and oxygen atoms in total. The zero-order valence-electron chi connectivity index (χ0n) is 17.3. The molecule has 1 atom stereocenters. The molecule has 1 aromatic carbocycles. The van der Waals surface area contributed by atoms with Crippen LogP contribution in [0.5, 0.6) is 0 Å².